The first-order valence-corrected chi connectivity index (χ1v) is 8.15. The minimum Gasteiger partial charge on any atom is -0.397 e. The molecule has 1 amide bonds. The molecule has 0 aliphatic heterocycles. The largest absolute Gasteiger partial charge is 0.397 e. The van der Waals surface area contributed by atoms with Crippen LogP contribution in [0, 0.1) is 0 Å². The number of carbonyl (C=O) groups excluding carboxylic acids is 1. The van der Waals surface area contributed by atoms with Crippen molar-refractivity contribution in [3.8, 4) is 0 Å². The molecular formula is C13H8Br3ClN2O. The van der Waals surface area contributed by atoms with Crippen molar-refractivity contribution in [1.29, 1.82) is 0 Å². The lowest BCUT2D eigenvalue weighted by Gasteiger charge is -2.12. The van der Waals surface area contributed by atoms with E-state index in [0.29, 0.717) is 30.9 Å². The molecule has 7 heteroatoms. The van der Waals surface area contributed by atoms with E-state index in [-0.39, 0.29) is 5.91 Å². The van der Waals surface area contributed by atoms with Crippen molar-refractivity contribution in [3.63, 3.8) is 0 Å². The summed E-state index contributed by atoms with van der Waals surface area (Å²) in [6, 6.07) is 8.53. The van der Waals surface area contributed by atoms with E-state index in [4.69, 9.17) is 17.3 Å². The highest BCUT2D eigenvalue weighted by atomic mass is 79.9. The molecule has 0 heterocycles. The molecule has 0 aromatic heterocycles. The van der Waals surface area contributed by atoms with Crippen LogP contribution in [0.1, 0.15) is 10.4 Å². The number of nitrogen functional groups attached to an aromatic ring is 1. The molecular weight excluding hydrogens is 475 g/mol. The van der Waals surface area contributed by atoms with Crippen molar-refractivity contribution in [2.45, 2.75) is 0 Å². The lowest BCUT2D eigenvalue weighted by molar-refractivity contribution is 0.102. The third-order valence-electron chi connectivity index (χ3n) is 2.50. The Morgan fingerprint density at radius 2 is 1.80 bits per heavy atom. The number of anilines is 2. The second-order valence-corrected chi connectivity index (χ2v) is 6.99. The lowest BCUT2D eigenvalue weighted by atomic mass is 10.2. The SMILES string of the molecule is Nc1cc(Br)cc(Br)c1NC(=O)c1cc(Cl)ccc1Br. The Labute approximate surface area is 146 Å². The van der Waals surface area contributed by atoms with Gasteiger partial charge in [0.05, 0.1) is 16.9 Å². The van der Waals surface area contributed by atoms with Crippen LogP contribution in [0.25, 0.3) is 0 Å². The number of rotatable bonds is 2. The van der Waals surface area contributed by atoms with Gasteiger partial charge in [-0.2, -0.15) is 0 Å². The van der Waals surface area contributed by atoms with Crippen molar-refractivity contribution in [2.75, 3.05) is 11.1 Å². The number of hydrogen-bond donors (Lipinski definition) is 2. The molecule has 0 aliphatic carbocycles. The smallest absolute Gasteiger partial charge is 0.256 e. The Morgan fingerprint density at radius 1 is 1.10 bits per heavy atom. The molecule has 2 aromatic carbocycles. The first-order chi connectivity index (χ1) is 9.38. The Hall–Kier alpha value is -0.560. The summed E-state index contributed by atoms with van der Waals surface area (Å²) in [5.41, 5.74) is 7.32. The third-order valence-corrected chi connectivity index (χ3v) is 4.51. The van der Waals surface area contributed by atoms with E-state index in [1.54, 1.807) is 30.3 Å². The van der Waals surface area contributed by atoms with Gasteiger partial charge in [0, 0.05) is 18.4 Å². The first kappa shape index (κ1) is 15.8. The maximum absolute atomic E-state index is 12.3. The molecule has 0 unspecified atom stereocenters. The van der Waals surface area contributed by atoms with Crippen LogP contribution in [0.4, 0.5) is 11.4 Å². The molecule has 2 rings (SSSR count). The highest BCUT2D eigenvalue weighted by Gasteiger charge is 2.14. The number of hydrogen-bond acceptors (Lipinski definition) is 2. The second kappa shape index (κ2) is 6.47. The van der Waals surface area contributed by atoms with Crippen LogP contribution in [-0.2, 0) is 0 Å². The Bertz CT molecular complexity index is 668. The molecule has 0 saturated heterocycles. The fourth-order valence-corrected chi connectivity index (χ4v) is 3.53. The predicted molar refractivity (Wildman–Crippen MR) is 93.4 cm³/mol. The van der Waals surface area contributed by atoms with E-state index in [1.165, 1.54) is 0 Å². The fourth-order valence-electron chi connectivity index (χ4n) is 1.58. The van der Waals surface area contributed by atoms with Crippen LogP contribution < -0.4 is 11.1 Å². The summed E-state index contributed by atoms with van der Waals surface area (Å²) in [6.45, 7) is 0. The van der Waals surface area contributed by atoms with Gasteiger partial charge in [-0.3, -0.25) is 4.79 Å². The van der Waals surface area contributed by atoms with Crippen molar-refractivity contribution in [1.82, 2.24) is 0 Å². The molecule has 0 fully saturated rings. The van der Waals surface area contributed by atoms with Crippen LogP contribution in [0.2, 0.25) is 5.02 Å². The fraction of sp³-hybridized carbons (Fsp3) is 0. The number of nitrogens with one attached hydrogen (secondary N) is 1. The van der Waals surface area contributed by atoms with Gasteiger partial charge < -0.3 is 11.1 Å². The van der Waals surface area contributed by atoms with Crippen LogP contribution in [0.15, 0.2) is 43.7 Å². The summed E-state index contributed by atoms with van der Waals surface area (Å²) in [6.07, 6.45) is 0. The summed E-state index contributed by atoms with van der Waals surface area (Å²) in [5.74, 6) is -0.297. The maximum atomic E-state index is 12.3. The summed E-state index contributed by atoms with van der Waals surface area (Å²) in [5, 5.41) is 3.26. The summed E-state index contributed by atoms with van der Waals surface area (Å²) < 4.78 is 2.17. The Balaban J connectivity index is 2.35. The van der Waals surface area contributed by atoms with Gasteiger partial charge in [0.1, 0.15) is 0 Å². The number of nitrogens with two attached hydrogens (primary N) is 1. The molecule has 20 heavy (non-hydrogen) atoms. The van der Waals surface area contributed by atoms with Crippen molar-refractivity contribution in [3.05, 3.63) is 54.3 Å². The monoisotopic (exact) mass is 480 g/mol. The average Bonchev–Trinajstić information content (AvgIpc) is 2.36. The van der Waals surface area contributed by atoms with E-state index in [2.05, 4.69) is 53.1 Å². The normalized spacial score (nSPS) is 10.4. The summed E-state index contributed by atoms with van der Waals surface area (Å²) in [7, 11) is 0. The standard InChI is InChI=1S/C13H8Br3ClN2O/c14-6-3-10(16)12(11(18)4-6)19-13(20)8-5-7(17)1-2-9(8)15/h1-5H,18H2,(H,19,20). The van der Waals surface area contributed by atoms with Gasteiger partial charge >= 0.3 is 0 Å². The molecule has 0 spiro atoms. The predicted octanol–water partition coefficient (Wildman–Crippen LogP) is 5.46. The van der Waals surface area contributed by atoms with Gasteiger partial charge in [-0.25, -0.2) is 0 Å². The zero-order valence-corrected chi connectivity index (χ0v) is 15.4. The molecule has 0 aliphatic rings. The third kappa shape index (κ3) is 3.55. The van der Waals surface area contributed by atoms with E-state index >= 15 is 0 Å². The quantitative estimate of drug-likeness (QED) is 0.558. The van der Waals surface area contributed by atoms with Gasteiger partial charge in [-0.15, -0.1) is 0 Å². The molecule has 0 saturated carbocycles. The van der Waals surface area contributed by atoms with E-state index in [0.717, 1.165) is 4.47 Å². The van der Waals surface area contributed by atoms with Crippen LogP contribution in [0.3, 0.4) is 0 Å². The molecule has 3 N–H and O–H groups in total. The highest BCUT2D eigenvalue weighted by molar-refractivity contribution is 9.11. The van der Waals surface area contributed by atoms with Gasteiger partial charge in [0.15, 0.2) is 0 Å². The van der Waals surface area contributed by atoms with Crippen molar-refractivity contribution < 1.29 is 4.79 Å². The zero-order valence-electron chi connectivity index (χ0n) is 9.88. The van der Waals surface area contributed by atoms with E-state index in [9.17, 15) is 4.79 Å². The second-order valence-electron chi connectivity index (χ2n) is 3.93. The van der Waals surface area contributed by atoms with E-state index < -0.39 is 0 Å². The van der Waals surface area contributed by atoms with Crippen molar-refractivity contribution in [2.24, 2.45) is 0 Å². The topological polar surface area (TPSA) is 55.1 Å². The van der Waals surface area contributed by atoms with Gasteiger partial charge in [-0.05, 0) is 62.2 Å². The molecule has 0 radical (unpaired) electrons. The minimum absolute atomic E-state index is 0.297. The summed E-state index contributed by atoms with van der Waals surface area (Å²) in [4.78, 5) is 12.3. The van der Waals surface area contributed by atoms with Gasteiger partial charge in [-0.1, -0.05) is 27.5 Å². The van der Waals surface area contributed by atoms with Crippen molar-refractivity contribution >= 4 is 76.7 Å². The van der Waals surface area contributed by atoms with Crippen LogP contribution in [-0.4, -0.2) is 5.91 Å². The molecule has 2 aromatic rings. The summed E-state index contributed by atoms with van der Waals surface area (Å²) >= 11 is 15.9. The molecule has 0 atom stereocenters. The molecule has 3 nitrogen and oxygen atoms in total. The maximum Gasteiger partial charge on any atom is 0.256 e. The zero-order chi connectivity index (χ0) is 14.9. The van der Waals surface area contributed by atoms with Gasteiger partial charge in [0.25, 0.3) is 5.91 Å². The number of benzene rings is 2. The number of carbonyl (C=O) groups is 1. The minimum atomic E-state index is -0.297. The van der Waals surface area contributed by atoms with Crippen LogP contribution >= 0.6 is 59.4 Å². The van der Waals surface area contributed by atoms with Crippen LogP contribution in [0.5, 0.6) is 0 Å². The van der Waals surface area contributed by atoms with E-state index in [1.807, 2.05) is 0 Å². The number of halogens is 4. The first-order valence-electron chi connectivity index (χ1n) is 5.39. The lowest BCUT2D eigenvalue weighted by Crippen LogP contribution is -2.14. The van der Waals surface area contributed by atoms with Gasteiger partial charge in [0.2, 0.25) is 0 Å². The number of amides is 1. The molecule has 104 valence electrons. The Kier molecular flexibility index (Phi) is 5.12. The highest BCUT2D eigenvalue weighted by Crippen LogP contribution is 2.33. The average molecular weight is 483 g/mol. The Morgan fingerprint density at radius 3 is 2.45 bits per heavy atom. The molecule has 0 bridgehead atoms.